The Morgan fingerprint density at radius 1 is 1.14 bits per heavy atom. The molecule has 2 bridgehead atoms. The molecule has 5 aliphatic carbocycles. The third kappa shape index (κ3) is 3.97. The van der Waals surface area contributed by atoms with Crippen molar-refractivity contribution in [3.63, 3.8) is 0 Å². The fraction of sp³-hybridized carbons (Fsp3) is 0.559. The summed E-state index contributed by atoms with van der Waals surface area (Å²) in [5.41, 5.74) is 4.28. The van der Waals surface area contributed by atoms with Crippen molar-refractivity contribution < 1.29 is 18.7 Å². The second kappa shape index (κ2) is 9.37. The van der Waals surface area contributed by atoms with Crippen molar-refractivity contribution in [2.24, 2.45) is 16.7 Å². The highest BCUT2D eigenvalue weighted by atomic mass is 19.1. The van der Waals surface area contributed by atoms with E-state index < -0.39 is 11.5 Å². The van der Waals surface area contributed by atoms with E-state index in [9.17, 15) is 14.0 Å². The second-order valence-corrected chi connectivity index (χ2v) is 13.9. The summed E-state index contributed by atoms with van der Waals surface area (Å²) in [4.78, 5) is 35.9. The zero-order chi connectivity index (χ0) is 28.7. The summed E-state index contributed by atoms with van der Waals surface area (Å²) in [6, 6.07) is 10.8. The van der Waals surface area contributed by atoms with Crippen LogP contribution in [0, 0.1) is 22.6 Å². The molecule has 3 N–H and O–H groups in total. The minimum atomic E-state index is -0.865. The Bertz CT molecular complexity index is 1580. The van der Waals surface area contributed by atoms with Crippen LogP contribution in [0.15, 0.2) is 36.4 Å². The molecule has 2 amide bonds. The Hall–Kier alpha value is -3.26. The molecule has 6 aliphatic rings. The number of likely N-dealkylation sites (N-methyl/N-ethyl adjacent to an activating group) is 1. The number of aromatic nitrogens is 2. The average Bonchev–Trinajstić information content (AvgIpc) is 3.50. The molecule has 1 aliphatic heterocycles. The van der Waals surface area contributed by atoms with Crippen LogP contribution in [0.25, 0.3) is 11.0 Å². The largest absolute Gasteiger partial charge is 0.380 e. The first-order chi connectivity index (χ1) is 20.3. The molecular weight excluding hydrogens is 531 g/mol. The fourth-order valence-corrected chi connectivity index (χ4v) is 9.06. The molecule has 7 nitrogen and oxygen atoms in total. The van der Waals surface area contributed by atoms with Gasteiger partial charge in [-0.25, -0.2) is 9.37 Å². The lowest BCUT2D eigenvalue weighted by atomic mass is 9.64. The molecule has 220 valence electrons. The molecule has 2 aromatic carbocycles. The standard InChI is InChI=1S/C34H39FN4O3/c1-2-36-30(40)29(33-8-7-20(16-33)17-33)39-31(41)34(11-12-42-19-34)22-4-6-26-27(13-22)38-28(37-26)15-25-24-14-23(35)5-3-21(24)18-32(25)9-10-32/h3-6,13-14,20,25,29H,2,7-12,15-19H2,1H3,(H,36,40)(H,37,38)(H,39,41)/t20?,25-,29+,33?,34?/m1/s1. The summed E-state index contributed by atoms with van der Waals surface area (Å²) in [5, 5.41) is 6.22. The SMILES string of the molecule is CCNC(=O)[C@H](NC(=O)C1(c2ccc3[nH]c(C[C@@H]4c5cc(F)ccc5CC45CC5)nc3c2)CCOC1)C12CCC(C1)C2. The number of carbonyl (C=O) groups excluding carboxylic acids is 2. The van der Waals surface area contributed by atoms with Crippen LogP contribution >= 0.6 is 0 Å². The van der Waals surface area contributed by atoms with Gasteiger partial charge < -0.3 is 20.4 Å². The maximum absolute atomic E-state index is 14.2. The number of ether oxygens (including phenoxy) is 1. The van der Waals surface area contributed by atoms with Crippen LogP contribution in [-0.2, 0) is 32.6 Å². The Kier molecular flexibility index (Phi) is 5.88. The highest BCUT2D eigenvalue weighted by molar-refractivity contribution is 5.95. The number of hydrogen-bond donors (Lipinski definition) is 3. The highest BCUT2D eigenvalue weighted by Gasteiger charge is 2.58. The van der Waals surface area contributed by atoms with Gasteiger partial charge in [0.25, 0.3) is 0 Å². The van der Waals surface area contributed by atoms with Crippen LogP contribution in [0.1, 0.15) is 80.3 Å². The number of rotatable bonds is 8. The van der Waals surface area contributed by atoms with Gasteiger partial charge in [0.1, 0.15) is 17.7 Å². The van der Waals surface area contributed by atoms with Gasteiger partial charge in [-0.3, -0.25) is 9.59 Å². The number of hydrogen-bond acceptors (Lipinski definition) is 4. The molecule has 9 rings (SSSR count). The van der Waals surface area contributed by atoms with Gasteiger partial charge in [-0.1, -0.05) is 12.1 Å². The predicted octanol–water partition coefficient (Wildman–Crippen LogP) is 4.83. The van der Waals surface area contributed by atoms with Crippen LogP contribution in [0.2, 0.25) is 0 Å². The topological polar surface area (TPSA) is 96.1 Å². The number of nitrogens with one attached hydrogen (secondary N) is 3. The lowest BCUT2D eigenvalue weighted by molar-refractivity contribution is -0.137. The Balaban J connectivity index is 1.08. The first-order valence-electron chi connectivity index (χ1n) is 15.8. The number of halogens is 1. The molecule has 3 aromatic rings. The molecule has 1 spiro atoms. The van der Waals surface area contributed by atoms with Crippen LogP contribution < -0.4 is 10.6 Å². The molecule has 1 saturated heterocycles. The number of carbonyl (C=O) groups is 2. The van der Waals surface area contributed by atoms with Crippen molar-refractivity contribution in [1.29, 1.82) is 0 Å². The normalized spacial score (nSPS) is 30.7. The lowest BCUT2D eigenvalue weighted by Crippen LogP contribution is -2.61. The lowest BCUT2D eigenvalue weighted by Gasteiger charge is -2.45. The summed E-state index contributed by atoms with van der Waals surface area (Å²) < 4.78 is 20.0. The summed E-state index contributed by atoms with van der Waals surface area (Å²) in [6.07, 6.45) is 8.84. The van der Waals surface area contributed by atoms with E-state index in [4.69, 9.17) is 9.72 Å². The number of aromatic amines is 1. The van der Waals surface area contributed by atoms with E-state index in [-0.39, 0.29) is 41.0 Å². The molecule has 1 unspecified atom stereocenters. The number of amides is 2. The van der Waals surface area contributed by atoms with Crippen LogP contribution in [0.4, 0.5) is 4.39 Å². The molecule has 4 saturated carbocycles. The first-order valence-corrected chi connectivity index (χ1v) is 15.8. The number of nitrogens with zero attached hydrogens (tertiary/aromatic N) is 1. The van der Waals surface area contributed by atoms with Gasteiger partial charge in [0.15, 0.2) is 0 Å². The maximum Gasteiger partial charge on any atom is 0.243 e. The van der Waals surface area contributed by atoms with Gasteiger partial charge in [0.05, 0.1) is 23.1 Å². The molecule has 3 atom stereocenters. The summed E-state index contributed by atoms with van der Waals surface area (Å²) in [5.74, 6) is 1.46. The quantitative estimate of drug-likeness (QED) is 0.361. The molecule has 8 heteroatoms. The number of imidazole rings is 1. The molecule has 1 aromatic heterocycles. The Morgan fingerprint density at radius 2 is 2.00 bits per heavy atom. The van der Waals surface area contributed by atoms with E-state index in [0.29, 0.717) is 25.5 Å². The number of benzene rings is 2. The molecule has 2 heterocycles. The van der Waals surface area contributed by atoms with Crippen LogP contribution in [-0.4, -0.2) is 47.6 Å². The zero-order valence-corrected chi connectivity index (χ0v) is 24.2. The van der Waals surface area contributed by atoms with Crippen molar-refractivity contribution in [2.45, 2.75) is 82.1 Å². The van der Waals surface area contributed by atoms with Gasteiger partial charge >= 0.3 is 0 Å². The van der Waals surface area contributed by atoms with Gasteiger partial charge in [0.2, 0.25) is 11.8 Å². The van der Waals surface area contributed by atoms with Crippen molar-refractivity contribution >= 4 is 22.8 Å². The highest BCUT2D eigenvalue weighted by Crippen LogP contribution is 2.64. The maximum atomic E-state index is 14.2. The fourth-order valence-electron chi connectivity index (χ4n) is 9.06. The van der Waals surface area contributed by atoms with Crippen molar-refractivity contribution in [3.05, 3.63) is 64.7 Å². The van der Waals surface area contributed by atoms with E-state index >= 15 is 0 Å². The van der Waals surface area contributed by atoms with Gasteiger partial charge in [0, 0.05) is 25.0 Å². The smallest absolute Gasteiger partial charge is 0.243 e. The molecule has 42 heavy (non-hydrogen) atoms. The van der Waals surface area contributed by atoms with E-state index in [1.807, 2.05) is 31.2 Å². The zero-order valence-electron chi connectivity index (χ0n) is 24.2. The number of H-pyrrole nitrogens is 1. The van der Waals surface area contributed by atoms with E-state index in [0.717, 1.165) is 66.5 Å². The van der Waals surface area contributed by atoms with Crippen LogP contribution in [0.5, 0.6) is 0 Å². The number of fused-ring (bicyclic) bond motifs is 3. The van der Waals surface area contributed by atoms with Crippen molar-refractivity contribution in [3.8, 4) is 0 Å². The molecular formula is C34H39FN4O3. The summed E-state index contributed by atoms with van der Waals surface area (Å²) >= 11 is 0. The van der Waals surface area contributed by atoms with Gasteiger partial charge in [-0.05, 0) is 116 Å². The minimum Gasteiger partial charge on any atom is -0.380 e. The summed E-state index contributed by atoms with van der Waals surface area (Å²) in [7, 11) is 0. The third-order valence-electron chi connectivity index (χ3n) is 11.5. The predicted molar refractivity (Wildman–Crippen MR) is 156 cm³/mol. The van der Waals surface area contributed by atoms with E-state index in [1.165, 1.54) is 18.4 Å². The minimum absolute atomic E-state index is 0.0746. The molecule has 0 radical (unpaired) electrons. The Labute approximate surface area is 245 Å². The van der Waals surface area contributed by atoms with Crippen LogP contribution in [0.3, 0.4) is 0 Å². The van der Waals surface area contributed by atoms with Crippen molar-refractivity contribution in [1.82, 2.24) is 20.6 Å². The average molecular weight is 571 g/mol. The Morgan fingerprint density at radius 3 is 2.71 bits per heavy atom. The first kappa shape index (κ1) is 26.4. The van der Waals surface area contributed by atoms with Gasteiger partial charge in [-0.2, -0.15) is 0 Å². The summed E-state index contributed by atoms with van der Waals surface area (Å²) in [6.45, 7) is 3.24. The van der Waals surface area contributed by atoms with E-state index in [2.05, 4.69) is 15.6 Å². The second-order valence-electron chi connectivity index (χ2n) is 13.9. The van der Waals surface area contributed by atoms with Gasteiger partial charge in [-0.15, -0.1) is 0 Å². The third-order valence-corrected chi connectivity index (χ3v) is 11.5. The molecule has 5 fully saturated rings. The monoisotopic (exact) mass is 570 g/mol. The van der Waals surface area contributed by atoms with Crippen molar-refractivity contribution in [2.75, 3.05) is 19.8 Å². The van der Waals surface area contributed by atoms with E-state index in [1.54, 1.807) is 12.1 Å².